The van der Waals surface area contributed by atoms with Crippen molar-refractivity contribution < 1.29 is 13.9 Å². The van der Waals surface area contributed by atoms with Crippen LogP contribution >= 0.6 is 0 Å². The molecule has 0 radical (unpaired) electrons. The SMILES string of the molecule is Nc1nccnc1N(CCO)CC(F)F. The first-order chi connectivity index (χ1) is 7.15. The third-order valence-electron chi connectivity index (χ3n) is 1.73. The van der Waals surface area contributed by atoms with Gasteiger partial charge in [-0.1, -0.05) is 0 Å². The molecular formula is C8H12F2N4O. The maximum absolute atomic E-state index is 12.2. The molecule has 0 amide bonds. The summed E-state index contributed by atoms with van der Waals surface area (Å²) in [5, 5.41) is 8.73. The van der Waals surface area contributed by atoms with Crippen molar-refractivity contribution >= 4 is 11.6 Å². The van der Waals surface area contributed by atoms with E-state index in [-0.39, 0.29) is 24.8 Å². The van der Waals surface area contributed by atoms with E-state index in [1.807, 2.05) is 0 Å². The summed E-state index contributed by atoms with van der Waals surface area (Å²) in [5.41, 5.74) is 5.49. The molecule has 1 heterocycles. The maximum atomic E-state index is 12.2. The first-order valence-corrected chi connectivity index (χ1v) is 4.35. The van der Waals surface area contributed by atoms with E-state index < -0.39 is 13.0 Å². The summed E-state index contributed by atoms with van der Waals surface area (Å²) < 4.78 is 24.4. The maximum Gasteiger partial charge on any atom is 0.255 e. The van der Waals surface area contributed by atoms with E-state index in [1.54, 1.807) is 0 Å². The molecule has 0 saturated carbocycles. The molecular weight excluding hydrogens is 206 g/mol. The molecule has 0 bridgehead atoms. The van der Waals surface area contributed by atoms with Gasteiger partial charge in [0.2, 0.25) is 0 Å². The van der Waals surface area contributed by atoms with Gasteiger partial charge < -0.3 is 15.7 Å². The number of aromatic nitrogens is 2. The zero-order chi connectivity index (χ0) is 11.3. The minimum absolute atomic E-state index is 0.0488. The Morgan fingerprint density at radius 3 is 2.60 bits per heavy atom. The second-order valence-electron chi connectivity index (χ2n) is 2.83. The quantitative estimate of drug-likeness (QED) is 0.734. The van der Waals surface area contributed by atoms with Crippen molar-refractivity contribution in [1.29, 1.82) is 0 Å². The zero-order valence-electron chi connectivity index (χ0n) is 7.98. The summed E-state index contributed by atoms with van der Waals surface area (Å²) in [5.74, 6) is 0.249. The van der Waals surface area contributed by atoms with E-state index in [0.717, 1.165) is 0 Å². The van der Waals surface area contributed by atoms with E-state index in [1.165, 1.54) is 17.3 Å². The van der Waals surface area contributed by atoms with Crippen LogP contribution in [0.25, 0.3) is 0 Å². The molecule has 1 aromatic rings. The Balaban J connectivity index is 2.83. The fourth-order valence-electron chi connectivity index (χ4n) is 1.16. The van der Waals surface area contributed by atoms with Gasteiger partial charge in [0.15, 0.2) is 11.6 Å². The van der Waals surface area contributed by atoms with Gasteiger partial charge in [-0.25, -0.2) is 18.7 Å². The Hall–Kier alpha value is -1.50. The zero-order valence-corrected chi connectivity index (χ0v) is 7.98. The van der Waals surface area contributed by atoms with Crippen molar-refractivity contribution in [2.24, 2.45) is 0 Å². The molecule has 0 spiro atoms. The molecule has 0 aliphatic rings. The van der Waals surface area contributed by atoms with Crippen LogP contribution in [0.5, 0.6) is 0 Å². The third kappa shape index (κ3) is 3.28. The molecule has 84 valence electrons. The molecule has 0 aromatic carbocycles. The van der Waals surface area contributed by atoms with Gasteiger partial charge in [-0.2, -0.15) is 0 Å². The van der Waals surface area contributed by atoms with Crippen molar-refractivity contribution in [2.45, 2.75) is 6.43 Å². The third-order valence-corrected chi connectivity index (χ3v) is 1.73. The highest BCUT2D eigenvalue weighted by Crippen LogP contribution is 2.17. The number of nitrogens with zero attached hydrogens (tertiary/aromatic N) is 3. The summed E-state index contributed by atoms with van der Waals surface area (Å²) >= 11 is 0. The molecule has 5 nitrogen and oxygen atoms in total. The number of halogens is 2. The fraction of sp³-hybridized carbons (Fsp3) is 0.500. The number of nitrogens with two attached hydrogens (primary N) is 1. The molecule has 1 rings (SSSR count). The largest absolute Gasteiger partial charge is 0.395 e. The van der Waals surface area contributed by atoms with Gasteiger partial charge >= 0.3 is 0 Å². The second kappa shape index (κ2) is 5.40. The predicted octanol–water partition coefficient (Wildman–Crippen LogP) is 0.123. The summed E-state index contributed by atoms with van der Waals surface area (Å²) in [6.07, 6.45) is 0.220. The van der Waals surface area contributed by atoms with Crippen LogP contribution in [0.3, 0.4) is 0 Å². The smallest absolute Gasteiger partial charge is 0.255 e. The molecule has 1 aromatic heterocycles. The van der Waals surface area contributed by atoms with Gasteiger partial charge in [-0.3, -0.25) is 0 Å². The second-order valence-corrected chi connectivity index (χ2v) is 2.83. The lowest BCUT2D eigenvalue weighted by Gasteiger charge is -2.22. The Kier molecular flexibility index (Phi) is 4.17. The van der Waals surface area contributed by atoms with Crippen LogP contribution in [-0.2, 0) is 0 Å². The number of hydrogen-bond acceptors (Lipinski definition) is 5. The highest BCUT2D eigenvalue weighted by molar-refractivity contribution is 5.57. The number of aliphatic hydroxyl groups excluding tert-OH is 1. The predicted molar refractivity (Wildman–Crippen MR) is 51.7 cm³/mol. The Bertz CT molecular complexity index is 310. The van der Waals surface area contributed by atoms with Gasteiger partial charge in [0.05, 0.1) is 13.2 Å². The van der Waals surface area contributed by atoms with Crippen molar-refractivity contribution in [3.8, 4) is 0 Å². The Morgan fingerprint density at radius 1 is 1.40 bits per heavy atom. The van der Waals surface area contributed by atoms with Crippen LogP contribution in [0.2, 0.25) is 0 Å². The van der Waals surface area contributed by atoms with Crippen LogP contribution in [0.1, 0.15) is 0 Å². The average Bonchev–Trinajstić information content (AvgIpc) is 2.17. The molecule has 3 N–H and O–H groups in total. The molecule has 0 saturated heterocycles. The summed E-state index contributed by atoms with van der Waals surface area (Å²) in [4.78, 5) is 8.78. The van der Waals surface area contributed by atoms with Gasteiger partial charge in [-0.05, 0) is 0 Å². The van der Waals surface area contributed by atoms with E-state index in [2.05, 4.69) is 9.97 Å². The number of rotatable bonds is 5. The molecule has 0 atom stereocenters. The number of nitrogen functional groups attached to an aromatic ring is 1. The van der Waals surface area contributed by atoms with Gasteiger partial charge in [-0.15, -0.1) is 0 Å². The normalized spacial score (nSPS) is 10.7. The first kappa shape index (κ1) is 11.6. The standard InChI is InChI=1S/C8H12F2N4O/c9-6(10)5-14(3-4-15)8-7(11)12-1-2-13-8/h1-2,6,15H,3-5H2,(H2,11,12). The van der Waals surface area contributed by atoms with Crippen LogP contribution in [0.15, 0.2) is 12.4 Å². The van der Waals surface area contributed by atoms with Gasteiger partial charge in [0.1, 0.15) is 0 Å². The van der Waals surface area contributed by atoms with E-state index in [9.17, 15) is 8.78 Å². The summed E-state index contributed by atoms with van der Waals surface area (Å²) in [7, 11) is 0. The van der Waals surface area contributed by atoms with Crippen molar-refractivity contribution in [3.63, 3.8) is 0 Å². The van der Waals surface area contributed by atoms with Crippen LogP contribution < -0.4 is 10.6 Å². The minimum Gasteiger partial charge on any atom is -0.395 e. The lowest BCUT2D eigenvalue weighted by atomic mass is 10.4. The highest BCUT2D eigenvalue weighted by Gasteiger charge is 2.16. The number of alkyl halides is 2. The molecule has 15 heavy (non-hydrogen) atoms. The Labute approximate surface area is 85.6 Å². The molecule has 7 heteroatoms. The Morgan fingerprint density at radius 2 is 2.07 bits per heavy atom. The number of hydrogen-bond donors (Lipinski definition) is 2. The molecule has 0 aliphatic carbocycles. The van der Waals surface area contributed by atoms with Gasteiger partial charge in [0, 0.05) is 18.9 Å². The summed E-state index contributed by atoms with van der Waals surface area (Å²) in [6.45, 7) is -0.723. The average molecular weight is 218 g/mol. The van der Waals surface area contributed by atoms with Crippen LogP contribution in [0.4, 0.5) is 20.4 Å². The monoisotopic (exact) mass is 218 g/mol. The molecule has 0 fully saturated rings. The van der Waals surface area contributed by atoms with E-state index in [4.69, 9.17) is 10.8 Å². The lowest BCUT2D eigenvalue weighted by Crippen LogP contribution is -2.33. The highest BCUT2D eigenvalue weighted by atomic mass is 19.3. The first-order valence-electron chi connectivity index (χ1n) is 4.35. The van der Waals surface area contributed by atoms with Crippen LogP contribution in [0, 0.1) is 0 Å². The van der Waals surface area contributed by atoms with E-state index in [0.29, 0.717) is 0 Å². The number of anilines is 2. The number of aliphatic hydroxyl groups is 1. The van der Waals surface area contributed by atoms with Crippen molar-refractivity contribution in [2.75, 3.05) is 30.3 Å². The van der Waals surface area contributed by atoms with E-state index >= 15 is 0 Å². The van der Waals surface area contributed by atoms with Crippen molar-refractivity contribution in [3.05, 3.63) is 12.4 Å². The topological polar surface area (TPSA) is 75.3 Å². The fourth-order valence-corrected chi connectivity index (χ4v) is 1.16. The summed E-state index contributed by atoms with van der Waals surface area (Å²) in [6, 6.07) is 0. The van der Waals surface area contributed by atoms with Gasteiger partial charge in [0.25, 0.3) is 6.43 Å². The molecule has 0 unspecified atom stereocenters. The lowest BCUT2D eigenvalue weighted by molar-refractivity contribution is 0.152. The van der Waals surface area contributed by atoms with Crippen molar-refractivity contribution in [1.82, 2.24) is 9.97 Å². The van der Waals surface area contributed by atoms with Crippen LogP contribution in [-0.4, -0.2) is 41.2 Å². The minimum atomic E-state index is -2.52. The molecule has 0 aliphatic heterocycles.